The predicted octanol–water partition coefficient (Wildman–Crippen LogP) is 2.11. The van der Waals surface area contributed by atoms with E-state index in [4.69, 9.17) is 4.74 Å². The number of piperidine rings is 1. The van der Waals surface area contributed by atoms with E-state index in [0.717, 1.165) is 42.8 Å². The van der Waals surface area contributed by atoms with Crippen LogP contribution in [0.25, 0.3) is 0 Å². The number of ether oxygens (including phenoxy) is 1. The maximum Gasteiger partial charge on any atom is 0.243 e. The summed E-state index contributed by atoms with van der Waals surface area (Å²) in [7, 11) is -0.176. The molecule has 0 aromatic heterocycles. The van der Waals surface area contributed by atoms with Crippen LogP contribution in [-0.2, 0) is 10.0 Å². The largest absolute Gasteiger partial charge is 0.496 e. The lowest BCUT2D eigenvalue weighted by Gasteiger charge is -2.31. The van der Waals surface area contributed by atoms with Gasteiger partial charge in [-0.2, -0.15) is 4.31 Å². The van der Waals surface area contributed by atoms with Crippen LogP contribution >= 0.6 is 12.4 Å². The first-order valence-electron chi connectivity index (χ1n) is 7.22. The highest BCUT2D eigenvalue weighted by Crippen LogP contribution is 2.29. The van der Waals surface area contributed by atoms with Gasteiger partial charge in [0, 0.05) is 13.1 Å². The third kappa shape index (κ3) is 3.74. The molecule has 1 aliphatic rings. The molecular weight excluding hydrogens is 324 g/mol. The van der Waals surface area contributed by atoms with Crippen molar-refractivity contribution in [3.05, 3.63) is 23.3 Å². The number of rotatable bonds is 4. The van der Waals surface area contributed by atoms with E-state index in [2.05, 4.69) is 5.32 Å². The molecule has 2 rings (SSSR count). The van der Waals surface area contributed by atoms with Crippen molar-refractivity contribution in [3.8, 4) is 5.75 Å². The summed E-state index contributed by atoms with van der Waals surface area (Å²) in [6, 6.07) is 3.45. The van der Waals surface area contributed by atoms with E-state index in [-0.39, 0.29) is 18.4 Å². The molecule has 5 nitrogen and oxygen atoms in total. The fourth-order valence-electron chi connectivity index (χ4n) is 2.91. The maximum atomic E-state index is 12.8. The summed E-state index contributed by atoms with van der Waals surface area (Å²) in [6.07, 6.45) is 1.70. The molecule has 0 radical (unpaired) electrons. The number of methoxy groups -OCH3 is 1. The second-order valence-electron chi connectivity index (χ2n) is 5.59. The number of halogens is 1. The van der Waals surface area contributed by atoms with Gasteiger partial charge in [-0.1, -0.05) is 0 Å². The van der Waals surface area contributed by atoms with Crippen LogP contribution in [0.3, 0.4) is 0 Å². The standard InChI is InChI=1S/C15H24N2O3S.ClH/c1-11-9-14(10-12(2)15(11)20-4)21(18,19)17(3)13-5-7-16-8-6-13;/h9-10,13,16H,5-8H2,1-4H3;1H. The number of nitrogens with one attached hydrogen (secondary N) is 1. The Balaban J connectivity index is 0.00000242. The molecule has 1 heterocycles. The van der Waals surface area contributed by atoms with Crippen LogP contribution in [0.4, 0.5) is 0 Å². The highest BCUT2D eigenvalue weighted by molar-refractivity contribution is 7.89. The zero-order valence-electron chi connectivity index (χ0n) is 13.5. The molecule has 1 fully saturated rings. The van der Waals surface area contributed by atoms with E-state index in [1.54, 1.807) is 26.3 Å². The SMILES string of the molecule is COc1c(C)cc(S(=O)(=O)N(C)C2CCNCC2)cc1C.Cl. The molecule has 22 heavy (non-hydrogen) atoms. The smallest absolute Gasteiger partial charge is 0.243 e. The predicted molar refractivity (Wildman–Crippen MR) is 90.6 cm³/mol. The van der Waals surface area contributed by atoms with E-state index >= 15 is 0 Å². The van der Waals surface area contributed by atoms with E-state index in [9.17, 15) is 8.42 Å². The summed E-state index contributed by atoms with van der Waals surface area (Å²) in [4.78, 5) is 0.347. The molecule has 7 heteroatoms. The van der Waals surface area contributed by atoms with E-state index in [0.29, 0.717) is 4.90 Å². The minimum absolute atomic E-state index is 0. The van der Waals surface area contributed by atoms with Crippen molar-refractivity contribution in [2.75, 3.05) is 27.2 Å². The molecule has 0 bridgehead atoms. The number of nitrogens with zero attached hydrogens (tertiary/aromatic N) is 1. The molecule has 1 saturated heterocycles. The molecule has 1 aromatic rings. The monoisotopic (exact) mass is 348 g/mol. The van der Waals surface area contributed by atoms with Crippen molar-refractivity contribution in [3.63, 3.8) is 0 Å². The van der Waals surface area contributed by atoms with Crippen molar-refractivity contribution < 1.29 is 13.2 Å². The van der Waals surface area contributed by atoms with Gasteiger partial charge in [0.2, 0.25) is 10.0 Å². The maximum absolute atomic E-state index is 12.8. The average molecular weight is 349 g/mol. The number of aryl methyl sites for hydroxylation is 2. The summed E-state index contributed by atoms with van der Waals surface area (Å²) in [5, 5.41) is 3.26. The Labute approximate surface area is 139 Å². The van der Waals surface area contributed by atoms with Crippen molar-refractivity contribution in [1.29, 1.82) is 0 Å². The number of hydrogen-bond donors (Lipinski definition) is 1. The van der Waals surface area contributed by atoms with Crippen LogP contribution in [0.15, 0.2) is 17.0 Å². The number of sulfonamides is 1. The first kappa shape index (κ1) is 19.2. The first-order chi connectivity index (χ1) is 9.87. The van der Waals surface area contributed by atoms with Crippen LogP contribution in [0.5, 0.6) is 5.75 Å². The second kappa shape index (κ2) is 7.64. The minimum Gasteiger partial charge on any atom is -0.496 e. The summed E-state index contributed by atoms with van der Waals surface area (Å²) in [6.45, 7) is 5.47. The van der Waals surface area contributed by atoms with E-state index in [1.165, 1.54) is 4.31 Å². The lowest BCUT2D eigenvalue weighted by molar-refractivity contribution is 0.296. The summed E-state index contributed by atoms with van der Waals surface area (Å²) in [5.74, 6) is 0.749. The normalized spacial score (nSPS) is 16.4. The van der Waals surface area contributed by atoms with E-state index in [1.807, 2.05) is 13.8 Å². The second-order valence-corrected chi connectivity index (χ2v) is 7.59. The van der Waals surface area contributed by atoms with Gasteiger partial charge < -0.3 is 10.1 Å². The Kier molecular flexibility index (Phi) is 6.67. The zero-order chi connectivity index (χ0) is 15.6. The highest BCUT2D eigenvalue weighted by Gasteiger charge is 2.29. The highest BCUT2D eigenvalue weighted by atomic mass is 35.5. The molecule has 0 spiro atoms. The quantitative estimate of drug-likeness (QED) is 0.905. The molecule has 0 amide bonds. The molecule has 0 atom stereocenters. The Bertz CT molecular complexity index is 590. The molecule has 0 aliphatic carbocycles. The van der Waals surface area contributed by atoms with Crippen molar-refractivity contribution in [2.45, 2.75) is 37.6 Å². The Morgan fingerprint density at radius 2 is 1.68 bits per heavy atom. The molecule has 0 unspecified atom stereocenters. The number of benzene rings is 1. The Hall–Kier alpha value is -0.820. The molecular formula is C15H25ClN2O3S. The molecule has 1 aliphatic heterocycles. The zero-order valence-corrected chi connectivity index (χ0v) is 15.2. The molecule has 1 N–H and O–H groups in total. The molecule has 0 saturated carbocycles. The van der Waals surface area contributed by atoms with Crippen LogP contribution < -0.4 is 10.1 Å². The van der Waals surface area contributed by atoms with Crippen LogP contribution in [0, 0.1) is 13.8 Å². The van der Waals surface area contributed by atoms with Gasteiger partial charge in [-0.25, -0.2) is 8.42 Å². The van der Waals surface area contributed by atoms with Crippen molar-refractivity contribution >= 4 is 22.4 Å². The fraction of sp³-hybridized carbons (Fsp3) is 0.600. The lowest BCUT2D eigenvalue weighted by atomic mass is 10.1. The van der Waals surface area contributed by atoms with Crippen LogP contribution in [0.2, 0.25) is 0 Å². The summed E-state index contributed by atoms with van der Waals surface area (Å²) < 4.78 is 32.4. The van der Waals surface area contributed by atoms with Gasteiger partial charge in [0.15, 0.2) is 0 Å². The van der Waals surface area contributed by atoms with Gasteiger partial charge in [-0.15, -0.1) is 12.4 Å². The van der Waals surface area contributed by atoms with Gasteiger partial charge in [0.1, 0.15) is 5.75 Å². The van der Waals surface area contributed by atoms with Gasteiger partial charge in [-0.05, 0) is 63.0 Å². The van der Waals surface area contributed by atoms with Gasteiger partial charge in [0.25, 0.3) is 0 Å². The van der Waals surface area contributed by atoms with Crippen LogP contribution in [0.1, 0.15) is 24.0 Å². The third-order valence-electron chi connectivity index (χ3n) is 4.14. The average Bonchev–Trinajstić information content (AvgIpc) is 2.47. The third-order valence-corrected chi connectivity index (χ3v) is 6.03. The number of hydrogen-bond acceptors (Lipinski definition) is 4. The van der Waals surface area contributed by atoms with Crippen molar-refractivity contribution in [1.82, 2.24) is 9.62 Å². The van der Waals surface area contributed by atoms with Crippen molar-refractivity contribution in [2.24, 2.45) is 0 Å². The first-order valence-corrected chi connectivity index (χ1v) is 8.66. The fourth-order valence-corrected chi connectivity index (χ4v) is 4.50. The van der Waals surface area contributed by atoms with Gasteiger partial charge in [-0.3, -0.25) is 0 Å². The topological polar surface area (TPSA) is 58.6 Å². The summed E-state index contributed by atoms with van der Waals surface area (Å²) >= 11 is 0. The molecule has 126 valence electrons. The van der Waals surface area contributed by atoms with Gasteiger partial charge >= 0.3 is 0 Å². The lowest BCUT2D eigenvalue weighted by Crippen LogP contribution is -2.43. The van der Waals surface area contributed by atoms with E-state index < -0.39 is 10.0 Å². The van der Waals surface area contributed by atoms with Gasteiger partial charge in [0.05, 0.1) is 12.0 Å². The molecule has 1 aromatic carbocycles. The Morgan fingerprint density at radius 3 is 2.14 bits per heavy atom. The minimum atomic E-state index is -3.46. The summed E-state index contributed by atoms with van der Waals surface area (Å²) in [5.41, 5.74) is 1.68. The van der Waals surface area contributed by atoms with Crippen LogP contribution in [-0.4, -0.2) is 46.0 Å². The Morgan fingerprint density at radius 1 is 1.18 bits per heavy atom.